The van der Waals surface area contributed by atoms with Crippen LogP contribution in [0.3, 0.4) is 0 Å². The van der Waals surface area contributed by atoms with E-state index < -0.39 is 10.8 Å². The maximum Gasteiger partial charge on any atom is 0.270 e. The van der Waals surface area contributed by atoms with E-state index in [2.05, 4.69) is 0 Å². The van der Waals surface area contributed by atoms with Gasteiger partial charge in [-0.15, -0.1) is 0 Å². The highest BCUT2D eigenvalue weighted by Gasteiger charge is 2.18. The van der Waals surface area contributed by atoms with E-state index in [0.29, 0.717) is 5.56 Å². The Morgan fingerprint density at radius 2 is 1.84 bits per heavy atom. The molecule has 2 N–H and O–H groups in total. The summed E-state index contributed by atoms with van der Waals surface area (Å²) in [4.78, 5) is 23.6. The number of aliphatic hydroxyl groups is 2. The predicted octanol–water partition coefficient (Wildman–Crippen LogP) is 0.330. The smallest absolute Gasteiger partial charge is 0.270 e. The first kappa shape index (κ1) is 15.1. The molecule has 0 saturated heterocycles. The van der Waals surface area contributed by atoms with Crippen LogP contribution in [-0.4, -0.2) is 52.2 Å². The molecule has 0 bridgehead atoms. The summed E-state index contributed by atoms with van der Waals surface area (Å²) in [7, 11) is 0. The Morgan fingerprint density at radius 3 is 2.32 bits per heavy atom. The normalized spacial score (nSPS) is 10.3. The molecule has 7 nitrogen and oxygen atoms in total. The number of nitro groups is 1. The van der Waals surface area contributed by atoms with Gasteiger partial charge in [-0.1, -0.05) is 0 Å². The Bertz CT molecular complexity index is 469. The van der Waals surface area contributed by atoms with Crippen LogP contribution in [0.4, 0.5) is 5.69 Å². The number of nitrogens with zero attached hydrogens (tertiary/aromatic N) is 2. The van der Waals surface area contributed by atoms with Crippen LogP contribution in [0.15, 0.2) is 18.2 Å². The van der Waals surface area contributed by atoms with Crippen molar-refractivity contribution in [2.75, 3.05) is 26.3 Å². The maximum atomic E-state index is 12.1. The SMILES string of the molecule is Cc1cc(C(=O)N(CCO)CCO)cc([N+](=O)[O-])c1. The Balaban J connectivity index is 3.06. The Kier molecular flexibility index (Phi) is 5.40. The molecule has 0 aliphatic rings. The first-order chi connectivity index (χ1) is 8.99. The van der Waals surface area contributed by atoms with Crippen molar-refractivity contribution >= 4 is 11.6 Å². The Morgan fingerprint density at radius 1 is 1.26 bits per heavy atom. The lowest BCUT2D eigenvalue weighted by Gasteiger charge is -2.20. The molecule has 104 valence electrons. The van der Waals surface area contributed by atoms with Gasteiger partial charge >= 0.3 is 0 Å². The first-order valence-electron chi connectivity index (χ1n) is 5.76. The molecule has 19 heavy (non-hydrogen) atoms. The molecule has 0 aliphatic heterocycles. The highest BCUT2D eigenvalue weighted by Crippen LogP contribution is 2.18. The number of aliphatic hydroxyl groups excluding tert-OH is 2. The summed E-state index contributed by atoms with van der Waals surface area (Å²) < 4.78 is 0. The lowest BCUT2D eigenvalue weighted by Crippen LogP contribution is -2.35. The molecule has 0 unspecified atom stereocenters. The maximum absolute atomic E-state index is 12.1. The molecule has 1 aromatic carbocycles. The van der Waals surface area contributed by atoms with Crippen molar-refractivity contribution < 1.29 is 19.9 Å². The second-order valence-corrected chi connectivity index (χ2v) is 4.05. The van der Waals surface area contributed by atoms with Gasteiger partial charge in [-0.25, -0.2) is 0 Å². The molecule has 0 saturated carbocycles. The van der Waals surface area contributed by atoms with E-state index in [-0.39, 0.29) is 37.6 Å². The lowest BCUT2D eigenvalue weighted by molar-refractivity contribution is -0.384. The van der Waals surface area contributed by atoms with E-state index in [0.717, 1.165) is 0 Å². The molecule has 1 aromatic rings. The minimum absolute atomic E-state index is 0.0706. The molecule has 0 spiro atoms. The average Bonchev–Trinajstić information content (AvgIpc) is 2.37. The van der Waals surface area contributed by atoms with E-state index in [9.17, 15) is 14.9 Å². The zero-order valence-electron chi connectivity index (χ0n) is 10.6. The summed E-state index contributed by atoms with van der Waals surface area (Å²) in [6.07, 6.45) is 0. The molecular weight excluding hydrogens is 252 g/mol. The second-order valence-electron chi connectivity index (χ2n) is 4.05. The van der Waals surface area contributed by atoms with Crippen molar-refractivity contribution in [2.24, 2.45) is 0 Å². The van der Waals surface area contributed by atoms with Gasteiger partial charge < -0.3 is 15.1 Å². The molecule has 1 amide bonds. The standard InChI is InChI=1S/C12H16N2O5/c1-9-6-10(8-11(7-9)14(18)19)12(17)13(2-4-15)3-5-16/h6-8,15-16H,2-5H2,1H3. The van der Waals surface area contributed by atoms with Gasteiger partial charge in [0.05, 0.1) is 18.1 Å². The summed E-state index contributed by atoms with van der Waals surface area (Å²) >= 11 is 0. The summed E-state index contributed by atoms with van der Waals surface area (Å²) in [6.45, 7) is 1.33. The van der Waals surface area contributed by atoms with Gasteiger partial charge in [0.2, 0.25) is 0 Å². The molecule has 0 aromatic heterocycles. The third-order valence-corrected chi connectivity index (χ3v) is 2.55. The van der Waals surface area contributed by atoms with Crippen LogP contribution in [0.1, 0.15) is 15.9 Å². The van der Waals surface area contributed by atoms with Crippen molar-refractivity contribution in [3.8, 4) is 0 Å². The number of nitro benzene ring substituents is 1. The van der Waals surface area contributed by atoms with Crippen molar-refractivity contribution in [1.29, 1.82) is 0 Å². The molecule has 0 aliphatic carbocycles. The number of hydrogen-bond acceptors (Lipinski definition) is 5. The molecular formula is C12H16N2O5. The summed E-state index contributed by atoms with van der Waals surface area (Å²) in [5.74, 6) is -0.449. The zero-order valence-corrected chi connectivity index (χ0v) is 10.6. The van der Waals surface area contributed by atoms with Gasteiger partial charge in [-0.2, -0.15) is 0 Å². The number of hydrogen-bond donors (Lipinski definition) is 2. The molecule has 7 heteroatoms. The number of non-ortho nitro benzene ring substituents is 1. The average molecular weight is 268 g/mol. The number of rotatable bonds is 6. The third-order valence-electron chi connectivity index (χ3n) is 2.55. The van der Waals surface area contributed by atoms with Crippen molar-refractivity contribution in [3.63, 3.8) is 0 Å². The van der Waals surface area contributed by atoms with E-state index in [4.69, 9.17) is 10.2 Å². The molecule has 1 rings (SSSR count). The van der Waals surface area contributed by atoms with E-state index >= 15 is 0 Å². The van der Waals surface area contributed by atoms with E-state index in [1.807, 2.05) is 0 Å². The van der Waals surface area contributed by atoms with Gasteiger partial charge in [0.25, 0.3) is 11.6 Å². The molecule has 0 heterocycles. The van der Waals surface area contributed by atoms with Gasteiger partial charge in [-0.3, -0.25) is 14.9 Å². The van der Waals surface area contributed by atoms with Gasteiger partial charge in [-0.05, 0) is 18.6 Å². The molecule has 0 atom stereocenters. The first-order valence-corrected chi connectivity index (χ1v) is 5.76. The molecule has 0 radical (unpaired) electrons. The largest absolute Gasteiger partial charge is 0.395 e. The third kappa shape index (κ3) is 4.01. The van der Waals surface area contributed by atoms with Gasteiger partial charge in [0, 0.05) is 30.8 Å². The number of carbonyl (C=O) groups is 1. The van der Waals surface area contributed by atoms with E-state index in [1.165, 1.54) is 23.1 Å². The van der Waals surface area contributed by atoms with Crippen molar-refractivity contribution in [3.05, 3.63) is 39.4 Å². The van der Waals surface area contributed by atoms with Crippen LogP contribution in [0, 0.1) is 17.0 Å². The highest BCUT2D eigenvalue weighted by molar-refractivity contribution is 5.95. The van der Waals surface area contributed by atoms with Gasteiger partial charge in [0.1, 0.15) is 0 Å². The quantitative estimate of drug-likeness (QED) is 0.571. The monoisotopic (exact) mass is 268 g/mol. The second kappa shape index (κ2) is 6.81. The fourth-order valence-electron chi connectivity index (χ4n) is 1.73. The lowest BCUT2D eigenvalue weighted by atomic mass is 10.1. The number of amides is 1. The Labute approximate surface area is 110 Å². The summed E-state index contributed by atoms with van der Waals surface area (Å²) in [5, 5.41) is 28.5. The topological polar surface area (TPSA) is 104 Å². The predicted molar refractivity (Wildman–Crippen MR) is 67.9 cm³/mol. The van der Waals surface area contributed by atoms with Crippen LogP contribution in [0.25, 0.3) is 0 Å². The Hall–Kier alpha value is -1.99. The minimum Gasteiger partial charge on any atom is -0.395 e. The van der Waals surface area contributed by atoms with Crippen LogP contribution in [0.5, 0.6) is 0 Å². The summed E-state index contributed by atoms with van der Waals surface area (Å²) in [5.41, 5.74) is 0.621. The van der Waals surface area contributed by atoms with E-state index in [1.54, 1.807) is 6.92 Å². The van der Waals surface area contributed by atoms with Gasteiger partial charge in [0.15, 0.2) is 0 Å². The van der Waals surface area contributed by atoms with Crippen molar-refractivity contribution in [2.45, 2.75) is 6.92 Å². The fraction of sp³-hybridized carbons (Fsp3) is 0.417. The van der Waals surface area contributed by atoms with Crippen LogP contribution in [0.2, 0.25) is 0 Å². The number of aryl methyl sites for hydroxylation is 1. The number of carbonyl (C=O) groups excluding carboxylic acids is 1. The van der Waals surface area contributed by atoms with Crippen LogP contribution in [-0.2, 0) is 0 Å². The minimum atomic E-state index is -0.563. The molecule has 0 fully saturated rings. The van der Waals surface area contributed by atoms with Crippen molar-refractivity contribution in [1.82, 2.24) is 4.90 Å². The fourth-order valence-corrected chi connectivity index (χ4v) is 1.73. The summed E-state index contributed by atoms with van der Waals surface area (Å²) in [6, 6.07) is 4.10. The zero-order chi connectivity index (χ0) is 14.4. The number of benzene rings is 1. The van der Waals surface area contributed by atoms with Crippen LogP contribution >= 0.6 is 0 Å². The highest BCUT2D eigenvalue weighted by atomic mass is 16.6. The van der Waals surface area contributed by atoms with Crippen LogP contribution < -0.4 is 0 Å².